The summed E-state index contributed by atoms with van der Waals surface area (Å²) in [5.41, 5.74) is -0.987. The van der Waals surface area contributed by atoms with Gasteiger partial charge < -0.3 is 10.0 Å². The van der Waals surface area contributed by atoms with Crippen LogP contribution in [0.25, 0.3) is 5.57 Å². The first kappa shape index (κ1) is 13.6. The smallest absolute Gasteiger partial charge is 0.417 e. The van der Waals surface area contributed by atoms with Crippen LogP contribution in [0.2, 0.25) is 0 Å². The van der Waals surface area contributed by atoms with Crippen molar-refractivity contribution in [3.63, 3.8) is 0 Å². The molecule has 0 saturated carbocycles. The van der Waals surface area contributed by atoms with Crippen molar-refractivity contribution in [2.45, 2.75) is 6.18 Å². The molecule has 1 aromatic heterocycles. The second-order valence-corrected chi connectivity index (χ2v) is 4.42. The summed E-state index contributed by atoms with van der Waals surface area (Å²) in [4.78, 5) is 12.5. The highest BCUT2D eigenvalue weighted by Gasteiger charge is 2.32. The van der Waals surface area contributed by atoms with E-state index in [0.717, 1.165) is 22.8 Å². The van der Waals surface area contributed by atoms with E-state index in [2.05, 4.69) is 0 Å². The lowest BCUT2D eigenvalue weighted by molar-refractivity contribution is -0.137. The maximum Gasteiger partial charge on any atom is 0.417 e. The SMILES string of the molecule is CN(C)/C=C(\C(=O)O)c1cc(C(F)(F)F)cs1. The van der Waals surface area contributed by atoms with E-state index < -0.39 is 17.7 Å². The quantitative estimate of drug-likeness (QED) is 0.854. The van der Waals surface area contributed by atoms with Crippen LogP contribution in [-0.2, 0) is 11.0 Å². The van der Waals surface area contributed by atoms with E-state index in [-0.39, 0.29) is 10.5 Å². The fourth-order valence-corrected chi connectivity index (χ4v) is 2.03. The van der Waals surface area contributed by atoms with Crippen molar-refractivity contribution >= 4 is 22.9 Å². The Hall–Kier alpha value is -1.50. The van der Waals surface area contributed by atoms with E-state index in [9.17, 15) is 18.0 Å². The van der Waals surface area contributed by atoms with Crippen LogP contribution in [-0.4, -0.2) is 30.1 Å². The Bertz CT molecular complexity index is 449. The zero-order valence-corrected chi connectivity index (χ0v) is 9.89. The Morgan fingerprint density at radius 3 is 2.41 bits per heavy atom. The number of aliphatic carboxylic acids is 1. The summed E-state index contributed by atoms with van der Waals surface area (Å²) in [6, 6.07) is 0.841. The largest absolute Gasteiger partial charge is 0.478 e. The van der Waals surface area contributed by atoms with Crippen LogP contribution in [0, 0.1) is 0 Å². The number of thiophene rings is 1. The predicted molar refractivity (Wildman–Crippen MR) is 58.6 cm³/mol. The molecule has 1 heterocycles. The zero-order valence-electron chi connectivity index (χ0n) is 9.08. The lowest BCUT2D eigenvalue weighted by Gasteiger charge is -2.07. The third kappa shape index (κ3) is 3.48. The third-order valence-corrected chi connectivity index (χ3v) is 2.77. The van der Waals surface area contributed by atoms with Crippen LogP contribution < -0.4 is 0 Å². The summed E-state index contributed by atoms with van der Waals surface area (Å²) in [7, 11) is 3.20. The van der Waals surface area contributed by atoms with E-state index in [1.54, 1.807) is 14.1 Å². The van der Waals surface area contributed by atoms with Crippen LogP contribution in [0.5, 0.6) is 0 Å². The van der Waals surface area contributed by atoms with Gasteiger partial charge in [-0.25, -0.2) is 4.79 Å². The van der Waals surface area contributed by atoms with Gasteiger partial charge in [0.1, 0.15) is 0 Å². The van der Waals surface area contributed by atoms with Gasteiger partial charge in [-0.3, -0.25) is 0 Å². The van der Waals surface area contributed by atoms with Gasteiger partial charge in [-0.2, -0.15) is 13.2 Å². The Morgan fingerprint density at radius 1 is 1.47 bits per heavy atom. The van der Waals surface area contributed by atoms with E-state index in [0.29, 0.717) is 0 Å². The van der Waals surface area contributed by atoms with Crippen LogP contribution in [0.15, 0.2) is 17.6 Å². The van der Waals surface area contributed by atoms with Crippen molar-refractivity contribution in [2.75, 3.05) is 14.1 Å². The van der Waals surface area contributed by atoms with Gasteiger partial charge in [0.05, 0.1) is 11.1 Å². The molecule has 0 radical (unpaired) electrons. The van der Waals surface area contributed by atoms with Gasteiger partial charge >= 0.3 is 12.1 Å². The average Bonchev–Trinajstić information content (AvgIpc) is 2.60. The van der Waals surface area contributed by atoms with Crippen LogP contribution in [0.1, 0.15) is 10.4 Å². The fraction of sp³-hybridized carbons (Fsp3) is 0.300. The first-order valence-electron chi connectivity index (χ1n) is 4.49. The summed E-state index contributed by atoms with van der Waals surface area (Å²) in [6.45, 7) is 0. The minimum atomic E-state index is -4.45. The number of hydrogen-bond acceptors (Lipinski definition) is 3. The van der Waals surface area contributed by atoms with Gasteiger partial charge in [0.2, 0.25) is 0 Å². The van der Waals surface area contributed by atoms with Crippen molar-refractivity contribution in [1.82, 2.24) is 4.90 Å². The van der Waals surface area contributed by atoms with Crippen molar-refractivity contribution in [3.8, 4) is 0 Å². The van der Waals surface area contributed by atoms with Crippen molar-refractivity contribution in [2.24, 2.45) is 0 Å². The molecule has 0 aliphatic carbocycles. The van der Waals surface area contributed by atoms with E-state index >= 15 is 0 Å². The molecule has 1 aromatic rings. The summed E-state index contributed by atoms with van der Waals surface area (Å²) in [5, 5.41) is 9.82. The molecule has 0 spiro atoms. The predicted octanol–water partition coefficient (Wildman–Crippen LogP) is 2.75. The molecule has 0 bridgehead atoms. The first-order chi connectivity index (χ1) is 7.71. The molecule has 0 aromatic carbocycles. The maximum atomic E-state index is 12.4. The molecule has 0 unspecified atom stereocenters. The fourth-order valence-electron chi connectivity index (χ4n) is 1.11. The topological polar surface area (TPSA) is 40.5 Å². The number of nitrogens with zero attached hydrogens (tertiary/aromatic N) is 1. The summed E-state index contributed by atoms with van der Waals surface area (Å²) in [5.74, 6) is -1.26. The molecule has 7 heteroatoms. The standard InChI is InChI=1S/C10H10F3NO2S/c1-14(2)4-7(9(15)16)8-3-6(5-17-8)10(11,12)13/h3-5H,1-2H3,(H,15,16)/b7-4-. The van der Waals surface area contributed by atoms with Crippen molar-refractivity contribution < 1.29 is 23.1 Å². The van der Waals surface area contributed by atoms with Crippen LogP contribution >= 0.6 is 11.3 Å². The highest BCUT2D eigenvalue weighted by atomic mass is 32.1. The summed E-state index contributed by atoms with van der Waals surface area (Å²) < 4.78 is 37.1. The van der Waals surface area contributed by atoms with Gasteiger partial charge in [0.15, 0.2) is 0 Å². The van der Waals surface area contributed by atoms with E-state index in [1.807, 2.05) is 0 Å². The number of alkyl halides is 3. The number of carbonyl (C=O) groups is 1. The monoisotopic (exact) mass is 265 g/mol. The summed E-state index contributed by atoms with van der Waals surface area (Å²) >= 11 is 0.759. The van der Waals surface area contributed by atoms with Crippen molar-refractivity contribution in [3.05, 3.63) is 28.1 Å². The number of rotatable bonds is 3. The number of carboxylic acids is 1. The van der Waals surface area contributed by atoms with Gasteiger partial charge in [-0.15, -0.1) is 11.3 Å². The molecule has 0 amide bonds. The Morgan fingerprint density at radius 2 is 2.06 bits per heavy atom. The Kier molecular flexibility index (Phi) is 3.82. The molecule has 1 N–H and O–H groups in total. The molecule has 0 saturated heterocycles. The van der Waals surface area contributed by atoms with Crippen LogP contribution in [0.4, 0.5) is 13.2 Å². The van der Waals surface area contributed by atoms with Crippen LogP contribution in [0.3, 0.4) is 0 Å². The maximum absolute atomic E-state index is 12.4. The summed E-state index contributed by atoms with van der Waals surface area (Å²) in [6.07, 6.45) is -3.18. The lowest BCUT2D eigenvalue weighted by Crippen LogP contribution is -2.07. The Labute approximate surface area is 99.8 Å². The molecular weight excluding hydrogens is 255 g/mol. The molecule has 0 fully saturated rings. The van der Waals surface area contributed by atoms with Gasteiger partial charge in [0, 0.05) is 30.6 Å². The van der Waals surface area contributed by atoms with Crippen molar-refractivity contribution in [1.29, 1.82) is 0 Å². The van der Waals surface area contributed by atoms with Gasteiger partial charge in [0.25, 0.3) is 0 Å². The Balaban J connectivity index is 3.14. The molecular formula is C10H10F3NO2S. The molecule has 3 nitrogen and oxygen atoms in total. The highest BCUT2D eigenvalue weighted by Crippen LogP contribution is 2.34. The first-order valence-corrected chi connectivity index (χ1v) is 5.37. The molecule has 0 aliphatic heterocycles. The zero-order chi connectivity index (χ0) is 13.2. The molecule has 0 atom stereocenters. The molecule has 17 heavy (non-hydrogen) atoms. The molecule has 1 rings (SSSR count). The highest BCUT2D eigenvalue weighted by molar-refractivity contribution is 7.11. The van der Waals surface area contributed by atoms with E-state index in [1.165, 1.54) is 11.1 Å². The molecule has 94 valence electrons. The molecule has 0 aliphatic rings. The van der Waals surface area contributed by atoms with Gasteiger partial charge in [-0.1, -0.05) is 0 Å². The normalized spacial score (nSPS) is 12.6. The second kappa shape index (κ2) is 4.79. The van der Waals surface area contributed by atoms with E-state index in [4.69, 9.17) is 5.11 Å². The van der Waals surface area contributed by atoms with Gasteiger partial charge in [-0.05, 0) is 6.07 Å². The lowest BCUT2D eigenvalue weighted by atomic mass is 10.2. The average molecular weight is 265 g/mol. The number of hydrogen-bond donors (Lipinski definition) is 1. The minimum absolute atomic E-state index is 0.0820. The second-order valence-electron chi connectivity index (χ2n) is 3.51. The minimum Gasteiger partial charge on any atom is -0.478 e. The third-order valence-electron chi connectivity index (χ3n) is 1.81. The number of carboxylic acid groups (broad SMARTS) is 1. The number of halogens is 3.